The largest absolute Gasteiger partial charge is 0.465 e. The second kappa shape index (κ2) is 8.14. The second-order valence-corrected chi connectivity index (χ2v) is 7.64. The Morgan fingerprint density at radius 2 is 1.61 bits per heavy atom. The Bertz CT molecular complexity index is 1090. The topological polar surface area (TPSA) is 81.7 Å². The van der Waals surface area contributed by atoms with Crippen molar-refractivity contribution in [2.45, 2.75) is 11.8 Å². The standard InChI is InChI=1S/C21H19NO5S/c1-15-12-13-16(21(23)26-2)14-20(15)28(24,25)22-18-10-6-7-11-19(18)27-17-8-4-3-5-9-17/h3-14,22H,1-2H3. The number of carbonyl (C=O) groups excluding carboxylic acids is 1. The van der Waals surface area contributed by atoms with Gasteiger partial charge in [0.1, 0.15) is 5.75 Å². The van der Waals surface area contributed by atoms with Crippen molar-refractivity contribution in [3.63, 3.8) is 0 Å². The third kappa shape index (κ3) is 4.32. The van der Waals surface area contributed by atoms with Gasteiger partial charge in [0.15, 0.2) is 5.75 Å². The van der Waals surface area contributed by atoms with Crippen molar-refractivity contribution in [3.05, 3.63) is 83.9 Å². The summed E-state index contributed by atoms with van der Waals surface area (Å²) in [4.78, 5) is 11.8. The quantitative estimate of drug-likeness (QED) is 0.625. The Morgan fingerprint density at radius 3 is 2.32 bits per heavy atom. The average molecular weight is 397 g/mol. The van der Waals surface area contributed by atoms with Crippen molar-refractivity contribution >= 4 is 21.7 Å². The molecular weight excluding hydrogens is 378 g/mol. The summed E-state index contributed by atoms with van der Waals surface area (Å²) in [7, 11) is -2.72. The van der Waals surface area contributed by atoms with E-state index in [1.54, 1.807) is 49.4 Å². The van der Waals surface area contributed by atoms with Gasteiger partial charge in [0.05, 0.1) is 23.3 Å². The smallest absolute Gasteiger partial charge is 0.337 e. The number of hydrogen-bond acceptors (Lipinski definition) is 5. The highest BCUT2D eigenvalue weighted by atomic mass is 32.2. The van der Waals surface area contributed by atoms with Crippen LogP contribution in [0.1, 0.15) is 15.9 Å². The summed E-state index contributed by atoms with van der Waals surface area (Å²) >= 11 is 0. The van der Waals surface area contributed by atoms with Crippen LogP contribution in [0.5, 0.6) is 11.5 Å². The maximum Gasteiger partial charge on any atom is 0.337 e. The van der Waals surface area contributed by atoms with E-state index in [0.29, 0.717) is 17.1 Å². The number of aryl methyl sites for hydroxylation is 1. The van der Waals surface area contributed by atoms with Crippen molar-refractivity contribution in [2.24, 2.45) is 0 Å². The molecule has 28 heavy (non-hydrogen) atoms. The predicted molar refractivity (Wildman–Crippen MR) is 106 cm³/mol. The minimum Gasteiger partial charge on any atom is -0.465 e. The molecule has 0 aliphatic carbocycles. The van der Waals surface area contributed by atoms with E-state index >= 15 is 0 Å². The molecule has 3 aromatic rings. The van der Waals surface area contributed by atoms with Crippen LogP contribution >= 0.6 is 0 Å². The van der Waals surface area contributed by atoms with Crippen LogP contribution in [0.4, 0.5) is 5.69 Å². The Hall–Kier alpha value is -3.32. The summed E-state index contributed by atoms with van der Waals surface area (Å²) in [5.74, 6) is 0.335. The second-order valence-electron chi connectivity index (χ2n) is 5.99. The monoisotopic (exact) mass is 397 g/mol. The molecule has 0 saturated heterocycles. The molecule has 0 heterocycles. The lowest BCUT2D eigenvalue weighted by Crippen LogP contribution is -2.16. The molecule has 0 atom stereocenters. The number of ether oxygens (including phenoxy) is 2. The summed E-state index contributed by atoms with van der Waals surface area (Å²) in [5, 5.41) is 0. The minimum absolute atomic E-state index is 0.00934. The number of benzene rings is 3. The lowest BCUT2D eigenvalue weighted by atomic mass is 10.1. The number of sulfonamides is 1. The van der Waals surface area contributed by atoms with E-state index in [1.807, 2.05) is 18.2 Å². The minimum atomic E-state index is -3.96. The number of para-hydroxylation sites is 3. The van der Waals surface area contributed by atoms with E-state index in [-0.39, 0.29) is 16.1 Å². The number of anilines is 1. The maximum absolute atomic E-state index is 13.0. The highest BCUT2D eigenvalue weighted by molar-refractivity contribution is 7.92. The van der Waals surface area contributed by atoms with Gasteiger partial charge in [0.25, 0.3) is 10.0 Å². The first-order chi connectivity index (χ1) is 13.4. The Morgan fingerprint density at radius 1 is 0.929 bits per heavy atom. The lowest BCUT2D eigenvalue weighted by molar-refractivity contribution is 0.0600. The third-order valence-corrected chi connectivity index (χ3v) is 5.51. The van der Waals surface area contributed by atoms with Crippen LogP contribution < -0.4 is 9.46 Å². The van der Waals surface area contributed by atoms with Crippen molar-refractivity contribution < 1.29 is 22.7 Å². The maximum atomic E-state index is 13.0. The number of esters is 1. The molecule has 3 rings (SSSR count). The first-order valence-electron chi connectivity index (χ1n) is 8.44. The summed E-state index contributed by atoms with van der Waals surface area (Å²) in [6, 6.07) is 20.2. The Labute approximate surface area is 163 Å². The van der Waals surface area contributed by atoms with E-state index in [9.17, 15) is 13.2 Å². The number of rotatable bonds is 6. The molecule has 0 aliphatic heterocycles. The summed E-state index contributed by atoms with van der Waals surface area (Å²) in [5.41, 5.74) is 0.943. The van der Waals surface area contributed by atoms with Gasteiger partial charge in [-0.25, -0.2) is 13.2 Å². The Kier molecular flexibility index (Phi) is 5.65. The molecule has 0 saturated carbocycles. The molecule has 3 aromatic carbocycles. The molecule has 0 unspecified atom stereocenters. The number of carbonyl (C=O) groups is 1. The molecule has 0 amide bonds. The van der Waals surface area contributed by atoms with Crippen LogP contribution in [0.15, 0.2) is 77.7 Å². The van der Waals surface area contributed by atoms with E-state index in [0.717, 1.165) is 0 Å². The molecular formula is C21H19NO5S. The molecule has 7 heteroatoms. The molecule has 0 aromatic heterocycles. The molecule has 144 valence electrons. The van der Waals surface area contributed by atoms with Gasteiger partial charge in [-0.15, -0.1) is 0 Å². The van der Waals surface area contributed by atoms with Gasteiger partial charge in [-0.2, -0.15) is 0 Å². The fourth-order valence-corrected chi connectivity index (χ4v) is 3.93. The van der Waals surface area contributed by atoms with Crippen LogP contribution in [0.2, 0.25) is 0 Å². The van der Waals surface area contributed by atoms with Gasteiger partial charge < -0.3 is 9.47 Å². The van der Waals surface area contributed by atoms with Crippen LogP contribution in [-0.2, 0) is 14.8 Å². The predicted octanol–water partition coefficient (Wildman–Crippen LogP) is 4.37. The van der Waals surface area contributed by atoms with Crippen molar-refractivity contribution in [3.8, 4) is 11.5 Å². The molecule has 0 fully saturated rings. The highest BCUT2D eigenvalue weighted by Gasteiger charge is 2.21. The van der Waals surface area contributed by atoms with Crippen LogP contribution in [-0.4, -0.2) is 21.5 Å². The normalized spacial score (nSPS) is 10.9. The molecule has 0 spiro atoms. The fourth-order valence-electron chi connectivity index (χ4n) is 2.59. The zero-order valence-corrected chi connectivity index (χ0v) is 16.2. The molecule has 0 aliphatic rings. The van der Waals surface area contributed by atoms with Gasteiger partial charge in [-0.1, -0.05) is 36.4 Å². The van der Waals surface area contributed by atoms with E-state index in [4.69, 9.17) is 4.74 Å². The van der Waals surface area contributed by atoms with Crippen LogP contribution in [0.25, 0.3) is 0 Å². The van der Waals surface area contributed by atoms with Gasteiger partial charge in [0.2, 0.25) is 0 Å². The molecule has 1 N–H and O–H groups in total. The van der Waals surface area contributed by atoms with Crippen molar-refractivity contribution in [1.82, 2.24) is 0 Å². The third-order valence-electron chi connectivity index (χ3n) is 4.00. The molecule has 6 nitrogen and oxygen atoms in total. The number of methoxy groups -OCH3 is 1. The van der Waals surface area contributed by atoms with Gasteiger partial charge in [-0.05, 0) is 48.9 Å². The van der Waals surface area contributed by atoms with Gasteiger partial charge in [-0.3, -0.25) is 4.72 Å². The van der Waals surface area contributed by atoms with E-state index in [2.05, 4.69) is 9.46 Å². The van der Waals surface area contributed by atoms with Crippen molar-refractivity contribution in [1.29, 1.82) is 0 Å². The zero-order chi connectivity index (χ0) is 20.1. The van der Waals surface area contributed by atoms with Crippen molar-refractivity contribution in [2.75, 3.05) is 11.8 Å². The van der Waals surface area contributed by atoms with E-state index < -0.39 is 16.0 Å². The first-order valence-corrected chi connectivity index (χ1v) is 9.93. The molecule has 0 bridgehead atoms. The highest BCUT2D eigenvalue weighted by Crippen LogP contribution is 2.31. The molecule has 0 radical (unpaired) electrons. The zero-order valence-electron chi connectivity index (χ0n) is 15.4. The van der Waals surface area contributed by atoms with Gasteiger partial charge in [0, 0.05) is 0 Å². The Balaban J connectivity index is 1.95. The first kappa shape index (κ1) is 19.4. The number of hydrogen-bond donors (Lipinski definition) is 1. The van der Waals surface area contributed by atoms with E-state index in [1.165, 1.54) is 19.2 Å². The fraction of sp³-hybridized carbons (Fsp3) is 0.0952. The lowest BCUT2D eigenvalue weighted by Gasteiger charge is -2.15. The summed E-state index contributed by atoms with van der Waals surface area (Å²) in [6.45, 7) is 1.65. The average Bonchev–Trinajstić information content (AvgIpc) is 2.69. The summed E-state index contributed by atoms with van der Waals surface area (Å²) < 4.78 is 39.0. The summed E-state index contributed by atoms with van der Waals surface area (Å²) in [6.07, 6.45) is 0. The SMILES string of the molecule is COC(=O)c1ccc(C)c(S(=O)(=O)Nc2ccccc2Oc2ccccc2)c1. The van der Waals surface area contributed by atoms with Crippen LogP contribution in [0.3, 0.4) is 0 Å². The number of nitrogens with one attached hydrogen (secondary N) is 1. The van der Waals surface area contributed by atoms with Crippen LogP contribution in [0, 0.1) is 6.92 Å². The van der Waals surface area contributed by atoms with Gasteiger partial charge >= 0.3 is 5.97 Å².